The van der Waals surface area contributed by atoms with E-state index >= 15 is 0 Å². The molecule has 0 aromatic heterocycles. The number of anilines is 1. The Balaban J connectivity index is 1.32. The van der Waals surface area contributed by atoms with Crippen molar-refractivity contribution in [3.63, 3.8) is 0 Å². The van der Waals surface area contributed by atoms with Crippen molar-refractivity contribution in [3.8, 4) is 5.75 Å². The average molecular weight is 471 g/mol. The first-order valence-corrected chi connectivity index (χ1v) is 10.8. The molecule has 0 spiro atoms. The van der Waals surface area contributed by atoms with E-state index in [1.807, 2.05) is 36.4 Å². The first-order valence-electron chi connectivity index (χ1n) is 10.8. The zero-order valence-electron chi connectivity index (χ0n) is 18.7. The number of rotatable bonds is 6. The van der Waals surface area contributed by atoms with Crippen LogP contribution < -0.4 is 20.9 Å². The maximum absolute atomic E-state index is 13.0. The molecule has 0 heterocycles. The van der Waals surface area contributed by atoms with Gasteiger partial charge in [0.05, 0.1) is 0 Å². The molecule has 0 aliphatic heterocycles. The summed E-state index contributed by atoms with van der Waals surface area (Å²) in [5.74, 6) is -1.47. The van der Waals surface area contributed by atoms with Gasteiger partial charge in [-0.05, 0) is 72.3 Å². The molecule has 0 saturated carbocycles. The number of nitrogens with one attached hydrogen (secondary N) is 3. The number of hydrogen-bond acceptors (Lipinski definition) is 4. The van der Waals surface area contributed by atoms with Crippen molar-refractivity contribution >= 4 is 34.2 Å². The predicted molar refractivity (Wildman–Crippen MR) is 130 cm³/mol. The zero-order valence-corrected chi connectivity index (χ0v) is 18.7. The van der Waals surface area contributed by atoms with Gasteiger partial charge in [-0.25, -0.2) is 4.39 Å². The highest BCUT2D eigenvalue weighted by molar-refractivity contribution is 6.05. The Morgan fingerprint density at radius 1 is 0.743 bits per heavy atom. The fourth-order valence-corrected chi connectivity index (χ4v) is 3.33. The molecule has 8 heteroatoms. The molecule has 35 heavy (non-hydrogen) atoms. The number of carbonyl (C=O) groups excluding carboxylic acids is 3. The van der Waals surface area contributed by atoms with Crippen LogP contribution in [0.3, 0.4) is 0 Å². The molecular formula is C27H22FN3O4. The van der Waals surface area contributed by atoms with E-state index in [1.165, 1.54) is 36.4 Å². The quantitative estimate of drug-likeness (QED) is 0.362. The minimum Gasteiger partial charge on any atom is -0.481 e. The Kier molecular flexibility index (Phi) is 7.02. The summed E-state index contributed by atoms with van der Waals surface area (Å²) < 4.78 is 18.7. The lowest BCUT2D eigenvalue weighted by Gasteiger charge is -2.16. The summed E-state index contributed by atoms with van der Waals surface area (Å²) in [6, 6.07) is 24.6. The maximum atomic E-state index is 13.0. The van der Waals surface area contributed by atoms with Crippen molar-refractivity contribution < 1.29 is 23.5 Å². The first-order chi connectivity index (χ1) is 16.9. The van der Waals surface area contributed by atoms with Crippen molar-refractivity contribution in [2.24, 2.45) is 0 Å². The molecule has 0 aliphatic rings. The van der Waals surface area contributed by atoms with Crippen molar-refractivity contribution in [3.05, 3.63) is 108 Å². The Bertz CT molecular complexity index is 1390. The number of halogens is 1. The molecule has 0 saturated heterocycles. The lowest BCUT2D eigenvalue weighted by molar-refractivity contribution is -0.128. The topological polar surface area (TPSA) is 96.5 Å². The molecule has 4 aromatic rings. The first kappa shape index (κ1) is 23.4. The second kappa shape index (κ2) is 10.5. The van der Waals surface area contributed by atoms with Gasteiger partial charge in [-0.15, -0.1) is 0 Å². The molecule has 0 radical (unpaired) electrons. The second-order valence-electron chi connectivity index (χ2n) is 7.75. The van der Waals surface area contributed by atoms with Crippen LogP contribution in [0.1, 0.15) is 27.6 Å². The molecule has 4 rings (SSSR count). The highest BCUT2D eigenvalue weighted by Gasteiger charge is 2.16. The minimum absolute atomic E-state index is 0.213. The molecule has 3 amide bonds. The number of benzene rings is 4. The monoisotopic (exact) mass is 471 g/mol. The number of hydrogen-bond donors (Lipinski definition) is 3. The van der Waals surface area contributed by atoms with Gasteiger partial charge in [0.2, 0.25) is 0 Å². The van der Waals surface area contributed by atoms with Crippen molar-refractivity contribution in [2.45, 2.75) is 13.0 Å². The molecule has 1 atom stereocenters. The number of hydrazine groups is 1. The molecule has 176 valence electrons. The van der Waals surface area contributed by atoms with Gasteiger partial charge in [0, 0.05) is 16.8 Å². The van der Waals surface area contributed by atoms with E-state index in [0.717, 1.165) is 10.8 Å². The molecule has 0 bridgehead atoms. The second-order valence-corrected chi connectivity index (χ2v) is 7.75. The number of amides is 3. The van der Waals surface area contributed by atoms with Crippen LogP contribution in [0.2, 0.25) is 0 Å². The van der Waals surface area contributed by atoms with Crippen LogP contribution in [0.25, 0.3) is 10.8 Å². The molecular weight excluding hydrogens is 449 g/mol. The molecule has 3 N–H and O–H groups in total. The summed E-state index contributed by atoms with van der Waals surface area (Å²) in [4.78, 5) is 37.2. The Labute approximate surface area is 200 Å². The molecule has 7 nitrogen and oxygen atoms in total. The van der Waals surface area contributed by atoms with E-state index in [9.17, 15) is 18.8 Å². The number of ether oxygens (including phenoxy) is 1. The normalized spacial score (nSPS) is 11.4. The summed E-state index contributed by atoms with van der Waals surface area (Å²) in [6.45, 7) is 1.57. The molecule has 1 unspecified atom stereocenters. The SMILES string of the molecule is CC(Oc1ccc2ccccc2c1)C(=O)NNC(=O)c1cccc(NC(=O)c2ccc(F)cc2)c1. The Hall–Kier alpha value is -4.72. The third kappa shape index (κ3) is 6.00. The van der Waals surface area contributed by atoms with Crippen LogP contribution in [0.5, 0.6) is 5.75 Å². The molecule has 4 aromatic carbocycles. The Morgan fingerprint density at radius 3 is 2.26 bits per heavy atom. The van der Waals surface area contributed by atoms with E-state index in [-0.39, 0.29) is 11.1 Å². The van der Waals surface area contributed by atoms with E-state index in [2.05, 4.69) is 16.2 Å². The average Bonchev–Trinajstić information content (AvgIpc) is 2.87. The van der Waals surface area contributed by atoms with Crippen LogP contribution >= 0.6 is 0 Å². The van der Waals surface area contributed by atoms with Crippen LogP contribution in [-0.4, -0.2) is 23.8 Å². The summed E-state index contributed by atoms with van der Waals surface area (Å²) in [6.07, 6.45) is -0.863. The molecule has 0 fully saturated rings. The van der Waals surface area contributed by atoms with Crippen molar-refractivity contribution in [1.82, 2.24) is 10.9 Å². The van der Waals surface area contributed by atoms with Crippen LogP contribution in [0.15, 0.2) is 91.0 Å². The van der Waals surface area contributed by atoms with Gasteiger partial charge in [0.25, 0.3) is 17.7 Å². The van der Waals surface area contributed by atoms with Crippen molar-refractivity contribution in [2.75, 3.05) is 5.32 Å². The largest absolute Gasteiger partial charge is 0.481 e. The van der Waals surface area contributed by atoms with E-state index in [1.54, 1.807) is 25.1 Å². The van der Waals surface area contributed by atoms with Gasteiger partial charge in [0.1, 0.15) is 11.6 Å². The fourth-order valence-electron chi connectivity index (χ4n) is 3.33. The maximum Gasteiger partial charge on any atom is 0.279 e. The van der Waals surface area contributed by atoms with Gasteiger partial charge in [-0.1, -0.05) is 36.4 Å². The highest BCUT2D eigenvalue weighted by atomic mass is 19.1. The summed E-state index contributed by atoms with van der Waals surface area (Å²) in [5, 5.41) is 4.69. The summed E-state index contributed by atoms with van der Waals surface area (Å²) in [7, 11) is 0. The van der Waals surface area contributed by atoms with Gasteiger partial charge < -0.3 is 10.1 Å². The number of fused-ring (bicyclic) bond motifs is 1. The highest BCUT2D eigenvalue weighted by Crippen LogP contribution is 2.21. The summed E-state index contributed by atoms with van der Waals surface area (Å²) in [5.41, 5.74) is 5.54. The van der Waals surface area contributed by atoms with Gasteiger partial charge in [-0.3, -0.25) is 25.2 Å². The van der Waals surface area contributed by atoms with Gasteiger partial charge >= 0.3 is 0 Å². The summed E-state index contributed by atoms with van der Waals surface area (Å²) >= 11 is 0. The fraction of sp³-hybridized carbons (Fsp3) is 0.0741. The smallest absolute Gasteiger partial charge is 0.279 e. The van der Waals surface area contributed by atoms with Crippen LogP contribution in [0.4, 0.5) is 10.1 Å². The van der Waals surface area contributed by atoms with E-state index in [0.29, 0.717) is 11.4 Å². The van der Waals surface area contributed by atoms with E-state index < -0.39 is 29.6 Å². The third-order valence-corrected chi connectivity index (χ3v) is 5.19. The lowest BCUT2D eigenvalue weighted by Crippen LogP contribution is -2.47. The standard InChI is InChI=1S/C27H22FN3O4/c1-17(35-24-14-11-18-5-2-3-6-20(18)16-24)25(32)30-31-27(34)21-7-4-8-23(15-21)29-26(33)19-9-12-22(28)13-10-19/h2-17H,1H3,(H,29,33)(H,30,32)(H,31,34). The van der Waals surface area contributed by atoms with Crippen molar-refractivity contribution in [1.29, 1.82) is 0 Å². The Morgan fingerprint density at radius 2 is 1.49 bits per heavy atom. The number of carbonyl (C=O) groups is 3. The zero-order chi connectivity index (χ0) is 24.8. The molecule has 0 aliphatic carbocycles. The van der Waals surface area contributed by atoms with Gasteiger partial charge in [0.15, 0.2) is 6.10 Å². The van der Waals surface area contributed by atoms with Crippen LogP contribution in [0, 0.1) is 5.82 Å². The van der Waals surface area contributed by atoms with Gasteiger partial charge in [-0.2, -0.15) is 0 Å². The van der Waals surface area contributed by atoms with Crippen LogP contribution in [-0.2, 0) is 4.79 Å². The lowest BCUT2D eigenvalue weighted by atomic mass is 10.1. The van der Waals surface area contributed by atoms with E-state index in [4.69, 9.17) is 4.74 Å². The minimum atomic E-state index is -0.863. The predicted octanol–water partition coefficient (Wildman–Crippen LogP) is 4.46. The third-order valence-electron chi connectivity index (χ3n) is 5.19.